The van der Waals surface area contributed by atoms with Crippen LogP contribution in [0.25, 0.3) is 0 Å². The molecule has 128 valence electrons. The van der Waals surface area contributed by atoms with E-state index in [0.29, 0.717) is 13.1 Å². The van der Waals surface area contributed by atoms with Crippen LogP contribution >= 0.6 is 27.7 Å². The Morgan fingerprint density at radius 1 is 1.43 bits per heavy atom. The van der Waals surface area contributed by atoms with Gasteiger partial charge < -0.3 is 14.7 Å². The predicted molar refractivity (Wildman–Crippen MR) is 96.8 cm³/mol. The van der Waals surface area contributed by atoms with Crippen molar-refractivity contribution in [2.45, 2.75) is 55.5 Å². The number of thioether (sulfide) groups is 1. The zero-order chi connectivity index (χ0) is 17.0. The number of carbonyl (C=O) groups is 1. The number of aliphatic hydroxyl groups is 1. The molecule has 0 saturated carbocycles. The Kier molecular flexibility index (Phi) is 6.40. The van der Waals surface area contributed by atoms with Crippen molar-refractivity contribution in [1.82, 2.24) is 4.90 Å². The number of halogens is 1. The van der Waals surface area contributed by atoms with E-state index in [1.165, 1.54) is 0 Å². The Morgan fingerprint density at radius 3 is 2.83 bits per heavy atom. The number of β-amino-alcohol motifs (C(OH)–C–C–N with tert-alkyl or cyclic N) is 1. The number of ether oxygens (including phenoxy) is 1. The summed E-state index contributed by atoms with van der Waals surface area (Å²) in [6.07, 6.45) is 0.832. The number of aliphatic hydroxyl groups excluding tert-OH is 1. The third-order valence-corrected chi connectivity index (χ3v) is 5.36. The summed E-state index contributed by atoms with van der Waals surface area (Å²) in [7, 11) is 0. The quantitative estimate of drug-likeness (QED) is 0.802. The minimum absolute atomic E-state index is 0.0803. The van der Waals surface area contributed by atoms with E-state index in [1.807, 2.05) is 45.0 Å². The fourth-order valence-corrected chi connectivity index (χ4v) is 4.24. The summed E-state index contributed by atoms with van der Waals surface area (Å²) in [5, 5.41) is 10.6. The fraction of sp³-hybridized carbons (Fsp3) is 0.588. The zero-order valence-corrected chi connectivity index (χ0v) is 16.2. The monoisotopic (exact) mass is 401 g/mol. The summed E-state index contributed by atoms with van der Waals surface area (Å²) < 4.78 is 6.44. The zero-order valence-electron chi connectivity index (χ0n) is 13.8. The van der Waals surface area contributed by atoms with Crippen LogP contribution in [0.3, 0.4) is 0 Å². The number of hydrogen-bond donors (Lipinski definition) is 1. The minimum Gasteiger partial charge on any atom is -0.444 e. The van der Waals surface area contributed by atoms with Gasteiger partial charge in [0, 0.05) is 21.2 Å². The molecule has 0 bridgehead atoms. The molecule has 0 spiro atoms. The van der Waals surface area contributed by atoms with Crippen molar-refractivity contribution in [1.29, 1.82) is 0 Å². The van der Waals surface area contributed by atoms with Crippen molar-refractivity contribution in [2.75, 3.05) is 13.1 Å². The second kappa shape index (κ2) is 7.90. The average molecular weight is 402 g/mol. The van der Waals surface area contributed by atoms with Crippen LogP contribution in [0.2, 0.25) is 0 Å². The first-order valence-electron chi connectivity index (χ1n) is 7.83. The normalized spacial score (nSPS) is 22.6. The van der Waals surface area contributed by atoms with E-state index in [1.54, 1.807) is 16.7 Å². The molecule has 1 aliphatic rings. The average Bonchev–Trinajstić information content (AvgIpc) is 2.60. The van der Waals surface area contributed by atoms with Gasteiger partial charge in [-0.25, -0.2) is 4.79 Å². The molecule has 0 aromatic heterocycles. The van der Waals surface area contributed by atoms with Crippen molar-refractivity contribution in [3.05, 3.63) is 28.7 Å². The smallest absolute Gasteiger partial charge is 0.410 e. The van der Waals surface area contributed by atoms with Crippen molar-refractivity contribution in [3.63, 3.8) is 0 Å². The molecular weight excluding hydrogens is 378 g/mol. The van der Waals surface area contributed by atoms with Crippen LogP contribution in [0.4, 0.5) is 4.79 Å². The number of amides is 1. The summed E-state index contributed by atoms with van der Waals surface area (Å²) in [4.78, 5) is 14.9. The highest BCUT2D eigenvalue weighted by Gasteiger charge is 2.30. The summed E-state index contributed by atoms with van der Waals surface area (Å²) in [6.45, 7) is 6.50. The van der Waals surface area contributed by atoms with Crippen LogP contribution in [0.5, 0.6) is 0 Å². The van der Waals surface area contributed by atoms with Crippen LogP contribution in [0, 0.1) is 0 Å². The summed E-state index contributed by atoms with van der Waals surface area (Å²) in [6, 6.07) is 8.06. The third-order valence-electron chi connectivity index (χ3n) is 3.49. The number of rotatable bonds is 2. The van der Waals surface area contributed by atoms with Crippen molar-refractivity contribution < 1.29 is 14.6 Å². The molecule has 2 rings (SSSR count). The van der Waals surface area contributed by atoms with E-state index < -0.39 is 11.7 Å². The molecule has 2 atom stereocenters. The Labute approximate surface area is 150 Å². The lowest BCUT2D eigenvalue weighted by atomic mass is 10.2. The van der Waals surface area contributed by atoms with Gasteiger partial charge >= 0.3 is 6.09 Å². The highest BCUT2D eigenvalue weighted by atomic mass is 79.9. The van der Waals surface area contributed by atoms with Gasteiger partial charge in [0.1, 0.15) is 5.60 Å². The van der Waals surface area contributed by atoms with E-state index in [0.717, 1.165) is 22.2 Å². The fourth-order valence-electron chi connectivity index (χ4n) is 2.46. The number of carbonyl (C=O) groups excluding carboxylic acids is 1. The Balaban J connectivity index is 1.98. The Bertz CT molecular complexity index is 547. The minimum atomic E-state index is -0.561. The number of nitrogens with zero attached hydrogens (tertiary/aromatic N) is 1. The van der Waals surface area contributed by atoms with Gasteiger partial charge in [0.25, 0.3) is 0 Å². The lowest BCUT2D eigenvalue weighted by molar-refractivity contribution is 0.0177. The molecule has 1 saturated heterocycles. The number of benzene rings is 1. The maximum atomic E-state index is 12.2. The molecule has 1 N–H and O–H groups in total. The van der Waals surface area contributed by atoms with Crippen LogP contribution in [0.1, 0.15) is 33.6 Å². The second-order valence-electron chi connectivity index (χ2n) is 6.75. The first kappa shape index (κ1) is 18.6. The van der Waals surface area contributed by atoms with E-state index >= 15 is 0 Å². The molecule has 23 heavy (non-hydrogen) atoms. The molecule has 0 radical (unpaired) electrons. The molecule has 1 aliphatic heterocycles. The standard InChI is InChI=1S/C17H24BrNO3S/c1-17(2,3)22-16(21)19-9-5-8-15(14(20)11-19)23-13-7-4-6-12(18)10-13/h4,6-7,10,14-15,20H,5,8-9,11H2,1-3H3. The van der Waals surface area contributed by atoms with Crippen molar-refractivity contribution in [2.24, 2.45) is 0 Å². The summed E-state index contributed by atoms with van der Waals surface area (Å²) >= 11 is 5.14. The van der Waals surface area contributed by atoms with E-state index in [4.69, 9.17) is 4.74 Å². The lowest BCUT2D eigenvalue weighted by Gasteiger charge is -2.28. The van der Waals surface area contributed by atoms with Gasteiger partial charge in [-0.3, -0.25) is 0 Å². The van der Waals surface area contributed by atoms with Crippen LogP contribution in [-0.2, 0) is 4.74 Å². The van der Waals surface area contributed by atoms with Gasteiger partial charge in [0.15, 0.2) is 0 Å². The highest BCUT2D eigenvalue weighted by Crippen LogP contribution is 2.32. The van der Waals surface area contributed by atoms with Gasteiger partial charge in [0.05, 0.1) is 12.6 Å². The lowest BCUT2D eigenvalue weighted by Crippen LogP contribution is -2.41. The first-order chi connectivity index (χ1) is 10.7. The van der Waals surface area contributed by atoms with E-state index in [2.05, 4.69) is 15.9 Å². The van der Waals surface area contributed by atoms with Crippen molar-refractivity contribution >= 4 is 33.8 Å². The number of hydrogen-bond acceptors (Lipinski definition) is 4. The molecule has 1 heterocycles. The highest BCUT2D eigenvalue weighted by molar-refractivity contribution is 9.10. The van der Waals surface area contributed by atoms with Gasteiger partial charge in [-0.05, 0) is 51.8 Å². The third kappa shape index (κ3) is 6.01. The predicted octanol–water partition coefficient (Wildman–Crippen LogP) is 4.30. The molecular formula is C17H24BrNO3S. The van der Waals surface area contributed by atoms with Crippen molar-refractivity contribution in [3.8, 4) is 0 Å². The topological polar surface area (TPSA) is 49.8 Å². The van der Waals surface area contributed by atoms with Gasteiger partial charge in [0.2, 0.25) is 0 Å². The Morgan fingerprint density at radius 2 is 2.17 bits per heavy atom. The molecule has 0 aliphatic carbocycles. The molecule has 6 heteroatoms. The van der Waals surface area contributed by atoms with Crippen LogP contribution in [-0.4, -0.2) is 46.1 Å². The first-order valence-corrected chi connectivity index (χ1v) is 9.50. The SMILES string of the molecule is CC(C)(C)OC(=O)N1CCCC(Sc2cccc(Br)c2)C(O)C1. The number of likely N-dealkylation sites (tertiary alicyclic amines) is 1. The summed E-state index contributed by atoms with van der Waals surface area (Å²) in [5.74, 6) is 0. The van der Waals surface area contributed by atoms with Crippen LogP contribution in [0.15, 0.2) is 33.6 Å². The molecule has 1 aromatic carbocycles. The second-order valence-corrected chi connectivity index (χ2v) is 8.98. The van der Waals surface area contributed by atoms with E-state index in [9.17, 15) is 9.90 Å². The molecule has 1 amide bonds. The Hall–Kier alpha value is -0.720. The molecule has 1 aromatic rings. The maximum absolute atomic E-state index is 12.2. The van der Waals surface area contributed by atoms with Gasteiger partial charge in [-0.1, -0.05) is 22.0 Å². The molecule has 4 nitrogen and oxygen atoms in total. The van der Waals surface area contributed by atoms with Crippen LogP contribution < -0.4 is 0 Å². The van der Waals surface area contributed by atoms with E-state index in [-0.39, 0.29) is 11.3 Å². The maximum Gasteiger partial charge on any atom is 0.410 e. The summed E-state index contributed by atoms with van der Waals surface area (Å²) in [5.41, 5.74) is -0.515. The molecule has 2 unspecified atom stereocenters. The van der Waals surface area contributed by atoms with Gasteiger partial charge in [-0.15, -0.1) is 11.8 Å². The largest absolute Gasteiger partial charge is 0.444 e. The molecule has 1 fully saturated rings. The van der Waals surface area contributed by atoms with Gasteiger partial charge in [-0.2, -0.15) is 0 Å².